The van der Waals surface area contributed by atoms with Gasteiger partial charge in [0.15, 0.2) is 0 Å². The van der Waals surface area contributed by atoms with E-state index < -0.39 is 12.1 Å². The van der Waals surface area contributed by atoms with Gasteiger partial charge in [-0.2, -0.15) is 0 Å². The molecule has 0 radical (unpaired) electrons. The second-order valence-corrected chi connectivity index (χ2v) is 6.85. The number of carbonyl (C=O) groups is 2. The number of hydrogen-bond donors (Lipinski definition) is 1. The number of aryl methyl sites for hydroxylation is 1. The van der Waals surface area contributed by atoms with Crippen molar-refractivity contribution in [3.05, 3.63) is 71.3 Å². The summed E-state index contributed by atoms with van der Waals surface area (Å²) in [6.45, 7) is 1.92. The molecule has 0 saturated heterocycles. The molecule has 1 amide bonds. The molecule has 1 N–H and O–H groups in total. The predicted molar refractivity (Wildman–Crippen MR) is 101 cm³/mol. The second-order valence-electron chi connectivity index (χ2n) is 6.85. The Hall–Kier alpha value is -2.62. The van der Waals surface area contributed by atoms with Crippen molar-refractivity contribution in [2.24, 2.45) is 0 Å². The largest absolute Gasteiger partial charge is 0.444 e. The van der Waals surface area contributed by atoms with Crippen LogP contribution in [0, 0.1) is 6.92 Å². The van der Waals surface area contributed by atoms with Crippen molar-refractivity contribution < 1.29 is 14.3 Å². The van der Waals surface area contributed by atoms with E-state index in [0.29, 0.717) is 5.56 Å². The molecule has 2 aromatic rings. The van der Waals surface area contributed by atoms with Crippen LogP contribution in [0.25, 0.3) is 0 Å². The Balaban J connectivity index is 1.80. The number of rotatable bonds is 5. The van der Waals surface area contributed by atoms with Gasteiger partial charge >= 0.3 is 5.97 Å². The van der Waals surface area contributed by atoms with Gasteiger partial charge in [-0.1, -0.05) is 61.7 Å². The van der Waals surface area contributed by atoms with Crippen LogP contribution in [0.1, 0.15) is 59.7 Å². The molecule has 1 atom stereocenters. The average Bonchev–Trinajstić information content (AvgIpc) is 2.68. The van der Waals surface area contributed by atoms with Gasteiger partial charge in [0.1, 0.15) is 0 Å². The minimum absolute atomic E-state index is 0.165. The molecule has 0 bridgehead atoms. The van der Waals surface area contributed by atoms with Gasteiger partial charge in [0.05, 0.1) is 5.56 Å². The topological polar surface area (TPSA) is 55.4 Å². The van der Waals surface area contributed by atoms with E-state index in [1.54, 1.807) is 24.3 Å². The zero-order valence-corrected chi connectivity index (χ0v) is 15.1. The predicted octanol–water partition coefficient (Wildman–Crippen LogP) is 4.34. The molecular formula is C22H25NO3. The summed E-state index contributed by atoms with van der Waals surface area (Å²) in [6, 6.07) is 16.5. The van der Waals surface area contributed by atoms with Gasteiger partial charge in [-0.25, -0.2) is 4.79 Å². The molecule has 0 spiro atoms. The van der Waals surface area contributed by atoms with Gasteiger partial charge in [-0.3, -0.25) is 4.79 Å². The minimum Gasteiger partial charge on any atom is -0.444 e. The standard InChI is InChI=1S/C22H25NO3/c1-16-10-8-9-15-19(16)20(21(24)23-18-13-6-3-7-14-18)26-22(25)17-11-4-2-5-12-17/h2,4-5,8-12,15,18,20H,3,6-7,13-14H2,1H3,(H,23,24). The number of nitrogens with one attached hydrogen (secondary N) is 1. The summed E-state index contributed by atoms with van der Waals surface area (Å²) in [5.41, 5.74) is 2.10. The number of carbonyl (C=O) groups excluding carboxylic acids is 2. The summed E-state index contributed by atoms with van der Waals surface area (Å²) in [5.74, 6) is -0.729. The number of hydrogen-bond acceptors (Lipinski definition) is 3. The highest BCUT2D eigenvalue weighted by atomic mass is 16.5. The van der Waals surface area contributed by atoms with Crippen molar-refractivity contribution in [2.45, 2.75) is 51.2 Å². The maximum absolute atomic E-state index is 12.9. The van der Waals surface area contributed by atoms with Gasteiger partial charge in [0.25, 0.3) is 5.91 Å². The third-order valence-corrected chi connectivity index (χ3v) is 4.89. The fourth-order valence-electron chi connectivity index (χ4n) is 3.41. The Morgan fingerprint density at radius 3 is 2.31 bits per heavy atom. The molecule has 0 heterocycles. The summed E-state index contributed by atoms with van der Waals surface area (Å²) in [4.78, 5) is 25.5. The highest BCUT2D eigenvalue weighted by molar-refractivity contribution is 5.92. The van der Waals surface area contributed by atoms with Crippen LogP contribution in [0.2, 0.25) is 0 Å². The molecule has 4 nitrogen and oxygen atoms in total. The summed E-state index contributed by atoms with van der Waals surface area (Å²) in [5, 5.41) is 3.09. The first-order chi connectivity index (χ1) is 12.6. The van der Waals surface area contributed by atoms with E-state index in [0.717, 1.165) is 36.8 Å². The van der Waals surface area contributed by atoms with Crippen LogP contribution >= 0.6 is 0 Å². The normalized spacial score (nSPS) is 15.9. The molecule has 136 valence electrons. The molecule has 26 heavy (non-hydrogen) atoms. The molecule has 0 aromatic heterocycles. The molecule has 1 fully saturated rings. The Kier molecular flexibility index (Phi) is 6.05. The molecular weight excluding hydrogens is 326 g/mol. The van der Waals surface area contributed by atoms with Crippen LogP contribution in [0.3, 0.4) is 0 Å². The Bertz CT molecular complexity index is 751. The number of esters is 1. The van der Waals surface area contributed by atoms with E-state index in [4.69, 9.17) is 4.74 Å². The van der Waals surface area contributed by atoms with Gasteiger partial charge in [-0.05, 0) is 37.5 Å². The van der Waals surface area contributed by atoms with Crippen molar-refractivity contribution in [3.63, 3.8) is 0 Å². The fourth-order valence-corrected chi connectivity index (χ4v) is 3.41. The lowest BCUT2D eigenvalue weighted by Crippen LogP contribution is -2.40. The lowest BCUT2D eigenvalue weighted by molar-refractivity contribution is -0.131. The lowest BCUT2D eigenvalue weighted by atomic mass is 9.95. The smallest absolute Gasteiger partial charge is 0.339 e. The van der Waals surface area contributed by atoms with Crippen molar-refractivity contribution in [1.82, 2.24) is 5.32 Å². The third kappa shape index (κ3) is 4.51. The maximum atomic E-state index is 12.9. The summed E-state index contributed by atoms with van der Waals surface area (Å²) < 4.78 is 5.66. The van der Waals surface area contributed by atoms with Crippen molar-refractivity contribution in [1.29, 1.82) is 0 Å². The van der Waals surface area contributed by atoms with Crippen LogP contribution in [-0.4, -0.2) is 17.9 Å². The Morgan fingerprint density at radius 1 is 0.962 bits per heavy atom. The first kappa shape index (κ1) is 18.2. The number of amides is 1. The first-order valence-electron chi connectivity index (χ1n) is 9.27. The summed E-state index contributed by atoms with van der Waals surface area (Å²) in [7, 11) is 0. The van der Waals surface area contributed by atoms with Crippen LogP contribution in [0.15, 0.2) is 54.6 Å². The first-order valence-corrected chi connectivity index (χ1v) is 9.27. The Labute approximate surface area is 154 Å². The van der Waals surface area contributed by atoms with E-state index in [9.17, 15) is 9.59 Å². The average molecular weight is 351 g/mol. The van der Waals surface area contributed by atoms with Gasteiger partial charge < -0.3 is 10.1 Å². The highest BCUT2D eigenvalue weighted by Gasteiger charge is 2.29. The summed E-state index contributed by atoms with van der Waals surface area (Å²) in [6.07, 6.45) is 4.51. The molecule has 1 saturated carbocycles. The summed E-state index contributed by atoms with van der Waals surface area (Å²) >= 11 is 0. The number of ether oxygens (including phenoxy) is 1. The van der Waals surface area contributed by atoms with Gasteiger partial charge in [0, 0.05) is 11.6 Å². The Morgan fingerprint density at radius 2 is 1.62 bits per heavy atom. The second kappa shape index (κ2) is 8.65. The van der Waals surface area contributed by atoms with Crippen LogP contribution in [-0.2, 0) is 9.53 Å². The van der Waals surface area contributed by atoms with Gasteiger partial charge in [-0.15, -0.1) is 0 Å². The van der Waals surface area contributed by atoms with E-state index in [1.807, 2.05) is 37.3 Å². The molecule has 1 unspecified atom stereocenters. The SMILES string of the molecule is Cc1ccccc1C(OC(=O)c1ccccc1)C(=O)NC1CCCCC1. The van der Waals surface area contributed by atoms with E-state index in [2.05, 4.69) is 5.32 Å². The third-order valence-electron chi connectivity index (χ3n) is 4.89. The van der Waals surface area contributed by atoms with Crippen LogP contribution in [0.5, 0.6) is 0 Å². The van der Waals surface area contributed by atoms with E-state index in [-0.39, 0.29) is 11.9 Å². The monoisotopic (exact) mass is 351 g/mol. The molecule has 3 rings (SSSR count). The molecule has 4 heteroatoms. The zero-order chi connectivity index (χ0) is 18.4. The van der Waals surface area contributed by atoms with Crippen molar-refractivity contribution in [2.75, 3.05) is 0 Å². The van der Waals surface area contributed by atoms with Gasteiger partial charge in [0.2, 0.25) is 6.10 Å². The van der Waals surface area contributed by atoms with E-state index in [1.165, 1.54) is 6.42 Å². The quantitative estimate of drug-likeness (QED) is 0.815. The van der Waals surface area contributed by atoms with Crippen molar-refractivity contribution >= 4 is 11.9 Å². The van der Waals surface area contributed by atoms with Crippen LogP contribution in [0.4, 0.5) is 0 Å². The molecule has 0 aliphatic heterocycles. The van der Waals surface area contributed by atoms with Crippen molar-refractivity contribution in [3.8, 4) is 0 Å². The van der Waals surface area contributed by atoms with Crippen LogP contribution < -0.4 is 5.32 Å². The maximum Gasteiger partial charge on any atom is 0.339 e. The molecule has 1 aliphatic rings. The lowest BCUT2D eigenvalue weighted by Gasteiger charge is -2.26. The fraction of sp³-hybridized carbons (Fsp3) is 0.364. The molecule has 2 aromatic carbocycles. The zero-order valence-electron chi connectivity index (χ0n) is 15.1. The van der Waals surface area contributed by atoms with E-state index >= 15 is 0 Å². The minimum atomic E-state index is -0.939. The highest BCUT2D eigenvalue weighted by Crippen LogP contribution is 2.25. The molecule has 1 aliphatic carbocycles. The number of benzene rings is 2.